The summed E-state index contributed by atoms with van der Waals surface area (Å²) >= 11 is 1.80. The van der Waals surface area contributed by atoms with Crippen molar-refractivity contribution >= 4 is 44.9 Å². The van der Waals surface area contributed by atoms with Gasteiger partial charge >= 0.3 is 0 Å². The van der Waals surface area contributed by atoms with Crippen LogP contribution in [0.4, 0.5) is 0 Å². The highest BCUT2D eigenvalue weighted by atomic mass is 32.2. The number of Topliss-reactive ketones (excluding diaryl/α,β-unsaturated/α-hetero) is 1. The fraction of sp³-hybridized carbons (Fsp3) is 0.0784. The molecule has 2 unspecified atom stereocenters. The van der Waals surface area contributed by atoms with Gasteiger partial charge in [0, 0.05) is 37.6 Å². The van der Waals surface area contributed by atoms with Gasteiger partial charge in [-0.25, -0.2) is 0 Å². The molecule has 0 radical (unpaired) electrons. The second kappa shape index (κ2) is 11.9. The number of nitrogens with zero attached hydrogens (tertiary/aromatic N) is 1. The third-order valence-corrected chi connectivity index (χ3v) is 13.4. The molecule has 2 atom stereocenters. The Bertz CT molecular complexity index is 2790. The Hall–Kier alpha value is -6.16. The molecule has 0 saturated carbocycles. The Morgan fingerprint density at radius 2 is 1.15 bits per heavy atom. The molecule has 7 aromatic carbocycles. The van der Waals surface area contributed by atoms with Gasteiger partial charge in [-0.2, -0.15) is 0 Å². The summed E-state index contributed by atoms with van der Waals surface area (Å²) in [5, 5.41) is 2.58. The summed E-state index contributed by atoms with van der Waals surface area (Å²) < 4.78 is 2.35. The molecule has 1 aromatic heterocycles. The Morgan fingerprint density at radius 3 is 1.81 bits per heavy atom. The first-order chi connectivity index (χ1) is 26.6. The third-order valence-electron chi connectivity index (χ3n) is 12.0. The summed E-state index contributed by atoms with van der Waals surface area (Å²) in [6, 6.07) is 59.0. The number of ketones is 1. The van der Waals surface area contributed by atoms with E-state index in [1.807, 2.05) is 0 Å². The summed E-state index contributed by atoms with van der Waals surface area (Å²) in [6.07, 6.45) is 6.55. The van der Waals surface area contributed by atoms with E-state index in [0.29, 0.717) is 0 Å². The van der Waals surface area contributed by atoms with Crippen molar-refractivity contribution in [1.82, 2.24) is 4.57 Å². The second-order valence-electron chi connectivity index (χ2n) is 14.9. The molecule has 54 heavy (non-hydrogen) atoms. The van der Waals surface area contributed by atoms with Crippen molar-refractivity contribution in [2.45, 2.75) is 22.5 Å². The number of allylic oxidation sites excluding steroid dienone is 3. The largest absolute Gasteiger partial charge is 0.309 e. The summed E-state index contributed by atoms with van der Waals surface area (Å²) in [6.45, 7) is 2.34. The number of aromatic nitrogens is 1. The standard InChI is InChI=1S/C51H35NOS/c1-51(44-14-6-2-10-38(44)39-11-3-7-15-45(39)51)36-24-18-32(19-25-36)34-23-29-48-43(30-34)50(53)42-28-22-35(31-49(42)54-48)33-20-26-37(27-21-33)52-46-16-8-4-12-40(46)41-13-5-9-17-47(41)52/h2-31,42,49H,1H3. The minimum atomic E-state index is -0.225. The first-order valence-corrected chi connectivity index (χ1v) is 19.6. The molecule has 0 fully saturated rings. The topological polar surface area (TPSA) is 22.0 Å². The molecular weight excluding hydrogens is 675 g/mol. The highest BCUT2D eigenvalue weighted by Crippen LogP contribution is 2.52. The monoisotopic (exact) mass is 709 g/mol. The first kappa shape index (κ1) is 31.4. The molecule has 0 saturated heterocycles. The first-order valence-electron chi connectivity index (χ1n) is 18.7. The van der Waals surface area contributed by atoms with E-state index >= 15 is 0 Å². The summed E-state index contributed by atoms with van der Waals surface area (Å²) in [5.74, 6) is 0.0235. The van der Waals surface area contributed by atoms with Gasteiger partial charge in [0.15, 0.2) is 5.78 Å². The van der Waals surface area contributed by atoms with Crippen LogP contribution >= 0.6 is 11.8 Å². The van der Waals surface area contributed by atoms with Crippen LogP contribution in [0.1, 0.15) is 39.5 Å². The molecule has 0 amide bonds. The zero-order chi connectivity index (χ0) is 36.0. The maximum atomic E-state index is 14.1. The number of rotatable bonds is 4. The van der Waals surface area contributed by atoms with Crippen LogP contribution in [0.25, 0.3) is 55.3 Å². The van der Waals surface area contributed by atoms with Crippen LogP contribution in [0.5, 0.6) is 0 Å². The molecule has 0 bridgehead atoms. The zero-order valence-corrected chi connectivity index (χ0v) is 30.6. The van der Waals surface area contributed by atoms with Crippen molar-refractivity contribution in [3.8, 4) is 27.9 Å². The number of thioether (sulfide) groups is 1. The van der Waals surface area contributed by atoms with Gasteiger partial charge in [-0.1, -0.05) is 146 Å². The van der Waals surface area contributed by atoms with Gasteiger partial charge in [0.1, 0.15) is 0 Å². The zero-order valence-electron chi connectivity index (χ0n) is 29.7. The Kier molecular flexibility index (Phi) is 6.93. The number of benzene rings is 7. The number of carbonyl (C=O) groups excluding carboxylic acids is 1. The molecule has 2 nitrogen and oxygen atoms in total. The molecule has 1 aliphatic heterocycles. The van der Waals surface area contributed by atoms with Crippen molar-refractivity contribution in [3.05, 3.63) is 210 Å². The quantitative estimate of drug-likeness (QED) is 0.181. The maximum absolute atomic E-state index is 14.1. The van der Waals surface area contributed by atoms with Crippen molar-refractivity contribution in [3.63, 3.8) is 0 Å². The molecule has 3 aliphatic rings. The highest BCUT2D eigenvalue weighted by Gasteiger charge is 2.40. The second-order valence-corrected chi connectivity index (χ2v) is 16.1. The fourth-order valence-electron chi connectivity index (χ4n) is 9.28. The number of hydrogen-bond donors (Lipinski definition) is 0. The SMILES string of the molecule is CC1(c2ccc(-c3ccc4c(c3)C(=O)C3C=CC(c5ccc(-n6c7ccccc7c7ccccc76)cc5)=CC3S4)cc2)c2ccccc2-c2ccccc21. The van der Waals surface area contributed by atoms with E-state index in [4.69, 9.17) is 0 Å². The Labute approximate surface area is 319 Å². The van der Waals surface area contributed by atoms with E-state index in [-0.39, 0.29) is 22.4 Å². The van der Waals surface area contributed by atoms with E-state index in [9.17, 15) is 4.79 Å². The molecule has 0 spiro atoms. The van der Waals surface area contributed by atoms with Crippen LogP contribution in [0, 0.1) is 5.92 Å². The van der Waals surface area contributed by atoms with Crippen molar-refractivity contribution in [2.24, 2.45) is 5.92 Å². The van der Waals surface area contributed by atoms with Crippen molar-refractivity contribution < 1.29 is 4.79 Å². The van der Waals surface area contributed by atoms with Crippen molar-refractivity contribution in [2.75, 3.05) is 0 Å². The predicted molar refractivity (Wildman–Crippen MR) is 225 cm³/mol. The number of fused-ring (bicyclic) bond motifs is 8. The molecule has 11 rings (SSSR count). The van der Waals surface area contributed by atoms with Gasteiger partial charge in [-0.3, -0.25) is 4.79 Å². The van der Waals surface area contributed by atoms with E-state index in [1.54, 1.807) is 11.8 Å². The molecule has 8 aromatic rings. The lowest BCUT2D eigenvalue weighted by Gasteiger charge is -2.31. The molecular formula is C51H35NOS. The molecule has 2 heterocycles. The Balaban J connectivity index is 0.866. The van der Waals surface area contributed by atoms with E-state index in [1.165, 1.54) is 49.6 Å². The average molecular weight is 710 g/mol. The van der Waals surface area contributed by atoms with E-state index < -0.39 is 0 Å². The lowest BCUT2D eigenvalue weighted by atomic mass is 9.74. The third kappa shape index (κ3) is 4.58. The van der Waals surface area contributed by atoms with Crippen LogP contribution in [-0.2, 0) is 5.41 Å². The van der Waals surface area contributed by atoms with Crippen LogP contribution in [0.2, 0.25) is 0 Å². The number of hydrogen-bond acceptors (Lipinski definition) is 2. The van der Waals surface area contributed by atoms with Gasteiger partial charge in [0.2, 0.25) is 0 Å². The van der Waals surface area contributed by atoms with E-state index in [0.717, 1.165) is 38.4 Å². The molecule has 256 valence electrons. The van der Waals surface area contributed by atoms with Crippen LogP contribution < -0.4 is 0 Å². The average Bonchev–Trinajstić information content (AvgIpc) is 3.71. The van der Waals surface area contributed by atoms with Crippen LogP contribution in [-0.4, -0.2) is 15.6 Å². The number of para-hydroxylation sites is 2. The lowest BCUT2D eigenvalue weighted by Crippen LogP contribution is -2.29. The van der Waals surface area contributed by atoms with E-state index in [2.05, 4.69) is 194 Å². The number of carbonyl (C=O) groups is 1. The molecule has 0 N–H and O–H groups in total. The highest BCUT2D eigenvalue weighted by molar-refractivity contribution is 8.00. The van der Waals surface area contributed by atoms with Crippen molar-refractivity contribution in [1.29, 1.82) is 0 Å². The van der Waals surface area contributed by atoms with Crippen LogP contribution in [0.15, 0.2) is 187 Å². The predicted octanol–water partition coefficient (Wildman–Crippen LogP) is 12.7. The lowest BCUT2D eigenvalue weighted by molar-refractivity contribution is 0.0942. The Morgan fingerprint density at radius 1 is 0.574 bits per heavy atom. The summed E-state index contributed by atoms with van der Waals surface area (Å²) in [7, 11) is 0. The van der Waals surface area contributed by atoms with Gasteiger partial charge < -0.3 is 4.57 Å². The van der Waals surface area contributed by atoms with Gasteiger partial charge in [-0.05, 0) is 93.4 Å². The van der Waals surface area contributed by atoms with Crippen LogP contribution in [0.3, 0.4) is 0 Å². The maximum Gasteiger partial charge on any atom is 0.172 e. The van der Waals surface area contributed by atoms with Gasteiger partial charge in [-0.15, -0.1) is 11.8 Å². The van der Waals surface area contributed by atoms with Gasteiger partial charge in [0.05, 0.1) is 17.0 Å². The van der Waals surface area contributed by atoms with Gasteiger partial charge in [0.25, 0.3) is 0 Å². The summed E-state index contributed by atoms with van der Waals surface area (Å²) in [5.41, 5.74) is 15.3. The molecule has 2 aliphatic carbocycles. The minimum absolute atomic E-state index is 0.0602. The molecule has 3 heteroatoms. The normalized spacial score (nSPS) is 17.9. The fourth-order valence-corrected chi connectivity index (χ4v) is 10.6. The smallest absolute Gasteiger partial charge is 0.172 e. The summed E-state index contributed by atoms with van der Waals surface area (Å²) in [4.78, 5) is 15.1. The minimum Gasteiger partial charge on any atom is -0.309 e.